The Labute approximate surface area is 166 Å². The van der Waals surface area contributed by atoms with Gasteiger partial charge in [-0.1, -0.05) is 36.4 Å². The molecule has 0 saturated carbocycles. The molecule has 6 nitrogen and oxygen atoms in total. The topological polar surface area (TPSA) is 54.0 Å². The van der Waals surface area contributed by atoms with E-state index >= 15 is 0 Å². The average Bonchev–Trinajstić information content (AvgIpc) is 3.17. The van der Waals surface area contributed by atoms with E-state index in [0.29, 0.717) is 6.79 Å². The van der Waals surface area contributed by atoms with Crippen LogP contribution in [0.25, 0.3) is 0 Å². The fraction of sp³-hybridized carbons (Fsp3) is 0.409. The number of urea groups is 1. The lowest BCUT2D eigenvalue weighted by atomic mass is 9.94. The van der Waals surface area contributed by atoms with Gasteiger partial charge in [-0.2, -0.15) is 0 Å². The van der Waals surface area contributed by atoms with Gasteiger partial charge in [0.1, 0.15) is 0 Å². The minimum absolute atomic E-state index is 0.00316. The monoisotopic (exact) mass is 381 g/mol. The van der Waals surface area contributed by atoms with Crippen LogP contribution in [0.15, 0.2) is 48.5 Å². The molecule has 6 heteroatoms. The summed E-state index contributed by atoms with van der Waals surface area (Å²) >= 11 is 0. The number of fused-ring (bicyclic) bond motifs is 1. The Morgan fingerprint density at radius 3 is 2.46 bits per heavy atom. The highest BCUT2D eigenvalue weighted by molar-refractivity contribution is 5.75. The molecule has 148 valence electrons. The van der Waals surface area contributed by atoms with Gasteiger partial charge in [-0.25, -0.2) is 4.79 Å². The van der Waals surface area contributed by atoms with E-state index < -0.39 is 5.54 Å². The van der Waals surface area contributed by atoms with Gasteiger partial charge in [0.25, 0.3) is 0 Å². The van der Waals surface area contributed by atoms with Crippen molar-refractivity contribution in [3.8, 4) is 11.5 Å². The lowest BCUT2D eigenvalue weighted by molar-refractivity contribution is 0.130. The summed E-state index contributed by atoms with van der Waals surface area (Å²) in [5.74, 6) is 1.63. The molecule has 2 amide bonds. The molecule has 1 fully saturated rings. The van der Waals surface area contributed by atoms with Gasteiger partial charge in [-0.15, -0.1) is 0 Å². The predicted molar refractivity (Wildman–Crippen MR) is 107 cm³/mol. The molecule has 0 unspecified atom stereocenters. The summed E-state index contributed by atoms with van der Waals surface area (Å²) in [5.41, 5.74) is 1.90. The zero-order valence-corrected chi connectivity index (χ0v) is 16.5. The molecule has 1 N–H and O–H groups in total. The minimum Gasteiger partial charge on any atom is -0.454 e. The minimum atomic E-state index is -0.401. The second-order valence-electron chi connectivity index (χ2n) is 7.87. The number of hydrogen-bond acceptors (Lipinski definition) is 4. The van der Waals surface area contributed by atoms with Crippen LogP contribution in [0.3, 0.4) is 0 Å². The Bertz CT molecular complexity index is 830. The third kappa shape index (κ3) is 4.07. The number of hydrogen-bond donors (Lipinski definition) is 1. The number of nitrogens with one attached hydrogen (secondary N) is 1. The summed E-state index contributed by atoms with van der Waals surface area (Å²) in [6.07, 6.45) is 0. The second-order valence-corrected chi connectivity index (χ2v) is 7.87. The average molecular weight is 381 g/mol. The molecule has 0 spiro atoms. The van der Waals surface area contributed by atoms with Crippen molar-refractivity contribution in [3.05, 3.63) is 59.7 Å². The van der Waals surface area contributed by atoms with Crippen LogP contribution in [0.2, 0.25) is 0 Å². The van der Waals surface area contributed by atoms with Crippen LogP contribution >= 0.6 is 0 Å². The van der Waals surface area contributed by atoms with Crippen LogP contribution in [-0.2, 0) is 12.1 Å². The lowest BCUT2D eigenvalue weighted by Crippen LogP contribution is -2.54. The van der Waals surface area contributed by atoms with Gasteiger partial charge < -0.3 is 19.7 Å². The summed E-state index contributed by atoms with van der Waals surface area (Å²) < 4.78 is 10.8. The first-order valence-corrected chi connectivity index (χ1v) is 9.75. The molecule has 1 saturated heterocycles. The van der Waals surface area contributed by atoms with Gasteiger partial charge in [-0.05, 0) is 37.1 Å². The summed E-state index contributed by atoms with van der Waals surface area (Å²) in [7, 11) is 0. The normalized spacial score (nSPS) is 16.9. The number of ether oxygens (including phenoxy) is 2. The predicted octanol–water partition coefficient (Wildman–Crippen LogP) is 3.18. The van der Waals surface area contributed by atoms with E-state index in [1.807, 2.05) is 61.2 Å². The molecular weight excluding hydrogens is 354 g/mol. The highest BCUT2D eigenvalue weighted by Gasteiger charge is 2.27. The van der Waals surface area contributed by atoms with Gasteiger partial charge in [0, 0.05) is 32.7 Å². The van der Waals surface area contributed by atoms with Crippen molar-refractivity contribution >= 4 is 6.03 Å². The van der Waals surface area contributed by atoms with Crippen molar-refractivity contribution in [3.63, 3.8) is 0 Å². The first kappa shape index (κ1) is 18.6. The molecule has 2 heterocycles. The van der Waals surface area contributed by atoms with E-state index in [1.54, 1.807) is 0 Å². The van der Waals surface area contributed by atoms with E-state index in [4.69, 9.17) is 9.47 Å². The first-order valence-electron chi connectivity index (χ1n) is 9.75. The highest BCUT2D eigenvalue weighted by Crippen LogP contribution is 2.32. The maximum atomic E-state index is 12.7. The molecular formula is C22H27N3O3. The second kappa shape index (κ2) is 7.72. The largest absolute Gasteiger partial charge is 0.454 e. The van der Waals surface area contributed by atoms with E-state index in [1.165, 1.54) is 5.56 Å². The SMILES string of the molecule is CC(C)(NC(=O)N1CCN(Cc2ccc3c(c2)OCO3)CC1)c1ccccc1. The molecule has 28 heavy (non-hydrogen) atoms. The van der Waals surface area contributed by atoms with Gasteiger partial charge in [0.05, 0.1) is 5.54 Å². The van der Waals surface area contributed by atoms with E-state index in [-0.39, 0.29) is 6.03 Å². The molecule has 0 aliphatic carbocycles. The molecule has 2 aromatic carbocycles. The smallest absolute Gasteiger partial charge is 0.318 e. The maximum absolute atomic E-state index is 12.7. The Morgan fingerprint density at radius 2 is 1.71 bits per heavy atom. The van der Waals surface area contributed by atoms with Crippen molar-refractivity contribution in [1.82, 2.24) is 15.1 Å². The van der Waals surface area contributed by atoms with E-state index in [2.05, 4.69) is 16.3 Å². The van der Waals surface area contributed by atoms with Crippen molar-refractivity contribution in [2.24, 2.45) is 0 Å². The summed E-state index contributed by atoms with van der Waals surface area (Å²) in [5, 5.41) is 3.17. The van der Waals surface area contributed by atoms with Gasteiger partial charge in [0.15, 0.2) is 11.5 Å². The zero-order valence-electron chi connectivity index (χ0n) is 16.5. The Hall–Kier alpha value is -2.73. The van der Waals surface area contributed by atoms with Gasteiger partial charge in [0.2, 0.25) is 6.79 Å². The first-order chi connectivity index (χ1) is 13.5. The molecule has 2 aromatic rings. The third-order valence-corrected chi connectivity index (χ3v) is 5.42. The van der Waals surface area contributed by atoms with Gasteiger partial charge >= 0.3 is 6.03 Å². The summed E-state index contributed by atoms with van der Waals surface area (Å²) in [6, 6.07) is 16.2. The van der Waals surface area contributed by atoms with Crippen molar-refractivity contribution in [1.29, 1.82) is 0 Å². The maximum Gasteiger partial charge on any atom is 0.318 e. The quantitative estimate of drug-likeness (QED) is 0.884. The number of benzene rings is 2. The molecule has 2 aliphatic rings. The fourth-order valence-corrected chi connectivity index (χ4v) is 3.68. The Kier molecular flexibility index (Phi) is 5.13. The summed E-state index contributed by atoms with van der Waals surface area (Å²) in [6.45, 7) is 8.38. The zero-order chi connectivity index (χ0) is 19.6. The molecule has 4 rings (SSSR count). The van der Waals surface area contributed by atoms with Crippen molar-refractivity contribution < 1.29 is 14.3 Å². The standard InChI is InChI=1S/C22H27N3O3/c1-22(2,18-6-4-3-5-7-18)23-21(26)25-12-10-24(11-13-25)15-17-8-9-19-20(14-17)28-16-27-19/h3-9,14H,10-13,15-16H2,1-2H3,(H,23,26). The number of nitrogens with zero attached hydrogens (tertiary/aromatic N) is 2. The van der Waals surface area contributed by atoms with E-state index in [9.17, 15) is 4.79 Å². The third-order valence-electron chi connectivity index (χ3n) is 5.42. The van der Waals surface area contributed by atoms with Crippen LogP contribution in [0.1, 0.15) is 25.0 Å². The molecule has 2 aliphatic heterocycles. The van der Waals surface area contributed by atoms with Crippen LogP contribution in [0.5, 0.6) is 11.5 Å². The van der Waals surface area contributed by atoms with Crippen LogP contribution in [-0.4, -0.2) is 48.8 Å². The van der Waals surface area contributed by atoms with Crippen molar-refractivity contribution in [2.75, 3.05) is 33.0 Å². The molecule has 0 bridgehead atoms. The Balaban J connectivity index is 1.29. The molecule has 0 aromatic heterocycles. The van der Waals surface area contributed by atoms with E-state index in [0.717, 1.165) is 49.8 Å². The molecule has 0 atom stereocenters. The van der Waals surface area contributed by atoms with Crippen LogP contribution in [0.4, 0.5) is 4.79 Å². The number of carbonyl (C=O) groups is 1. The Morgan fingerprint density at radius 1 is 1.00 bits per heavy atom. The fourth-order valence-electron chi connectivity index (χ4n) is 3.68. The lowest BCUT2D eigenvalue weighted by Gasteiger charge is -2.37. The number of piperazine rings is 1. The van der Waals surface area contributed by atoms with Crippen LogP contribution < -0.4 is 14.8 Å². The number of rotatable bonds is 4. The van der Waals surface area contributed by atoms with Crippen molar-refractivity contribution in [2.45, 2.75) is 25.9 Å². The van der Waals surface area contributed by atoms with Gasteiger partial charge in [-0.3, -0.25) is 4.90 Å². The molecule has 0 radical (unpaired) electrons. The number of carbonyl (C=O) groups excluding carboxylic acids is 1. The number of amides is 2. The van der Waals surface area contributed by atoms with Crippen LogP contribution in [0, 0.1) is 0 Å². The highest BCUT2D eigenvalue weighted by atomic mass is 16.7. The summed E-state index contributed by atoms with van der Waals surface area (Å²) in [4.78, 5) is 17.0.